The molecule has 1 aliphatic rings. The number of piperidine rings is 1. The molecule has 0 bridgehead atoms. The summed E-state index contributed by atoms with van der Waals surface area (Å²) in [7, 11) is 0. The van der Waals surface area contributed by atoms with Gasteiger partial charge in [-0.1, -0.05) is 6.42 Å². The highest BCUT2D eigenvalue weighted by Gasteiger charge is 1.93. The number of nitrogens with one attached hydrogen (secondary N) is 1. The van der Waals surface area contributed by atoms with E-state index in [0.29, 0.717) is 0 Å². The van der Waals surface area contributed by atoms with E-state index < -0.39 is 0 Å². The van der Waals surface area contributed by atoms with Gasteiger partial charge < -0.3 is 11.1 Å². The van der Waals surface area contributed by atoms with Crippen LogP contribution in [0.1, 0.15) is 19.3 Å². The number of nitrogen functional groups attached to an aromatic ring is 1. The van der Waals surface area contributed by atoms with Crippen LogP contribution in [-0.4, -0.2) is 13.1 Å². The van der Waals surface area contributed by atoms with E-state index in [4.69, 9.17) is 5.73 Å². The zero-order valence-electron chi connectivity index (χ0n) is 8.37. The molecule has 0 aromatic heterocycles. The zero-order chi connectivity index (χ0) is 10.2. The quantitative estimate of drug-likeness (QED) is 0.454. The molecule has 0 unspecified atom stereocenters. The van der Waals surface area contributed by atoms with Gasteiger partial charge in [-0.3, -0.25) is 0 Å². The smallest absolute Gasteiger partial charge is 0.0314 e. The van der Waals surface area contributed by atoms with Crippen molar-refractivity contribution in [2.75, 3.05) is 18.8 Å². The molecule has 1 saturated heterocycles. The van der Waals surface area contributed by atoms with Gasteiger partial charge in [0.15, 0.2) is 0 Å². The van der Waals surface area contributed by atoms with Crippen molar-refractivity contribution in [1.82, 2.24) is 5.32 Å². The van der Waals surface area contributed by atoms with Crippen molar-refractivity contribution in [3.63, 3.8) is 0 Å². The summed E-state index contributed by atoms with van der Waals surface area (Å²) in [5.41, 5.74) is 6.17. The van der Waals surface area contributed by atoms with Crippen molar-refractivity contribution in [1.29, 1.82) is 0 Å². The lowest BCUT2D eigenvalue weighted by Crippen LogP contribution is -2.21. The zero-order valence-corrected chi connectivity index (χ0v) is 9.26. The average Bonchev–Trinajstić information content (AvgIpc) is 2.26. The topological polar surface area (TPSA) is 38.0 Å². The van der Waals surface area contributed by atoms with E-state index in [1.165, 1.54) is 32.4 Å². The Hall–Kier alpha value is -0.670. The SMILES string of the molecule is C1CCNCC1.Nc1ccc(S)cc1. The lowest BCUT2D eigenvalue weighted by Gasteiger charge is -2.08. The lowest BCUT2D eigenvalue weighted by atomic mass is 10.2. The molecule has 0 amide bonds. The Bertz CT molecular complexity index is 209. The summed E-state index contributed by atoms with van der Waals surface area (Å²) in [5, 5.41) is 3.28. The van der Waals surface area contributed by atoms with Crippen LogP contribution in [0.5, 0.6) is 0 Å². The second-order valence-corrected chi connectivity index (χ2v) is 3.92. The van der Waals surface area contributed by atoms with Gasteiger partial charge in [0, 0.05) is 10.6 Å². The first-order valence-corrected chi connectivity index (χ1v) is 5.49. The molecule has 3 N–H and O–H groups in total. The summed E-state index contributed by atoms with van der Waals surface area (Å²) in [6.07, 6.45) is 4.22. The molecule has 14 heavy (non-hydrogen) atoms. The Morgan fingerprint density at radius 3 is 1.86 bits per heavy atom. The summed E-state index contributed by atoms with van der Waals surface area (Å²) >= 11 is 4.08. The maximum absolute atomic E-state index is 5.39. The molecule has 0 saturated carbocycles. The maximum atomic E-state index is 5.39. The Balaban J connectivity index is 0.000000146. The third-order valence-electron chi connectivity index (χ3n) is 2.10. The maximum Gasteiger partial charge on any atom is 0.0314 e. The minimum Gasteiger partial charge on any atom is -0.399 e. The number of nitrogens with two attached hydrogens (primary N) is 1. The third kappa shape index (κ3) is 5.14. The average molecular weight is 210 g/mol. The number of thiol groups is 1. The van der Waals surface area contributed by atoms with Gasteiger partial charge in [-0.25, -0.2) is 0 Å². The molecule has 0 radical (unpaired) electrons. The fourth-order valence-corrected chi connectivity index (χ4v) is 1.43. The van der Waals surface area contributed by atoms with Crippen molar-refractivity contribution in [2.24, 2.45) is 0 Å². The Morgan fingerprint density at radius 2 is 1.57 bits per heavy atom. The molecule has 78 valence electrons. The molecule has 2 nitrogen and oxygen atoms in total. The van der Waals surface area contributed by atoms with E-state index >= 15 is 0 Å². The van der Waals surface area contributed by atoms with Crippen molar-refractivity contribution >= 4 is 18.3 Å². The molecule has 2 rings (SSSR count). The second-order valence-electron chi connectivity index (χ2n) is 3.40. The van der Waals surface area contributed by atoms with Crippen molar-refractivity contribution < 1.29 is 0 Å². The number of hydrogen-bond donors (Lipinski definition) is 3. The van der Waals surface area contributed by atoms with E-state index in [1.54, 1.807) is 0 Å². The van der Waals surface area contributed by atoms with Gasteiger partial charge in [-0.05, 0) is 50.2 Å². The Kier molecular flexibility index (Phi) is 5.49. The first-order chi connectivity index (χ1) is 6.79. The standard InChI is InChI=1S/C6H7NS.C5H11N/c7-5-1-3-6(8)4-2-5;1-2-4-6-5-3-1/h1-4,8H,7H2;6H,1-5H2. The fraction of sp³-hybridized carbons (Fsp3) is 0.455. The van der Waals surface area contributed by atoms with Crippen LogP contribution in [0.2, 0.25) is 0 Å². The number of rotatable bonds is 0. The highest BCUT2D eigenvalue weighted by Crippen LogP contribution is 2.07. The van der Waals surface area contributed by atoms with Gasteiger partial charge >= 0.3 is 0 Å². The Labute approximate surface area is 91.3 Å². The van der Waals surface area contributed by atoms with Crippen LogP contribution < -0.4 is 11.1 Å². The molecular weight excluding hydrogens is 192 g/mol. The highest BCUT2D eigenvalue weighted by atomic mass is 32.1. The van der Waals surface area contributed by atoms with E-state index in [9.17, 15) is 0 Å². The summed E-state index contributed by atoms with van der Waals surface area (Å²) in [6.45, 7) is 2.50. The molecule has 0 atom stereocenters. The summed E-state index contributed by atoms with van der Waals surface area (Å²) in [4.78, 5) is 0.944. The first kappa shape index (κ1) is 11.4. The van der Waals surface area contributed by atoms with Gasteiger partial charge in [0.1, 0.15) is 0 Å². The van der Waals surface area contributed by atoms with Crippen molar-refractivity contribution in [3.8, 4) is 0 Å². The van der Waals surface area contributed by atoms with Crippen LogP contribution in [0.4, 0.5) is 5.69 Å². The van der Waals surface area contributed by atoms with E-state index in [2.05, 4.69) is 17.9 Å². The highest BCUT2D eigenvalue weighted by molar-refractivity contribution is 7.80. The minimum atomic E-state index is 0.780. The predicted octanol–water partition coefficient (Wildman–Crippen LogP) is 2.32. The van der Waals surface area contributed by atoms with Crippen LogP contribution >= 0.6 is 12.6 Å². The summed E-state index contributed by atoms with van der Waals surface area (Å²) < 4.78 is 0. The predicted molar refractivity (Wildman–Crippen MR) is 64.8 cm³/mol. The molecule has 1 fully saturated rings. The van der Waals surface area contributed by atoms with Crippen LogP contribution in [0.25, 0.3) is 0 Å². The molecule has 1 heterocycles. The Morgan fingerprint density at radius 1 is 1.00 bits per heavy atom. The normalized spacial score (nSPS) is 15.5. The molecule has 0 spiro atoms. The van der Waals surface area contributed by atoms with Crippen LogP contribution in [0.3, 0.4) is 0 Å². The van der Waals surface area contributed by atoms with Crippen LogP contribution in [0, 0.1) is 0 Å². The van der Waals surface area contributed by atoms with E-state index in [1.807, 2.05) is 24.3 Å². The molecule has 1 aromatic carbocycles. The van der Waals surface area contributed by atoms with Gasteiger partial charge in [-0.2, -0.15) is 0 Å². The second kappa shape index (κ2) is 6.74. The fourth-order valence-electron chi connectivity index (χ4n) is 1.28. The third-order valence-corrected chi connectivity index (χ3v) is 2.40. The number of benzene rings is 1. The summed E-state index contributed by atoms with van der Waals surface area (Å²) in [5.74, 6) is 0. The monoisotopic (exact) mass is 210 g/mol. The molecule has 3 heteroatoms. The molecular formula is C11H18N2S. The molecule has 0 aliphatic carbocycles. The van der Waals surface area contributed by atoms with Crippen LogP contribution in [0.15, 0.2) is 29.2 Å². The first-order valence-electron chi connectivity index (χ1n) is 5.04. The van der Waals surface area contributed by atoms with Gasteiger partial charge in [0.05, 0.1) is 0 Å². The largest absolute Gasteiger partial charge is 0.399 e. The molecule has 1 aliphatic heterocycles. The summed E-state index contributed by atoms with van der Waals surface area (Å²) in [6, 6.07) is 7.36. The van der Waals surface area contributed by atoms with Crippen molar-refractivity contribution in [3.05, 3.63) is 24.3 Å². The van der Waals surface area contributed by atoms with Crippen molar-refractivity contribution in [2.45, 2.75) is 24.2 Å². The van der Waals surface area contributed by atoms with Gasteiger partial charge in [-0.15, -0.1) is 12.6 Å². The van der Waals surface area contributed by atoms with Gasteiger partial charge in [0.25, 0.3) is 0 Å². The van der Waals surface area contributed by atoms with Gasteiger partial charge in [0.2, 0.25) is 0 Å². The number of anilines is 1. The minimum absolute atomic E-state index is 0.780. The molecule has 1 aromatic rings. The van der Waals surface area contributed by atoms with Crippen LogP contribution in [-0.2, 0) is 0 Å². The van der Waals surface area contributed by atoms with E-state index in [0.717, 1.165) is 10.6 Å². The lowest BCUT2D eigenvalue weighted by molar-refractivity contribution is 0.520. The van der Waals surface area contributed by atoms with E-state index in [-0.39, 0.29) is 0 Å². The number of hydrogen-bond acceptors (Lipinski definition) is 3.